The van der Waals surface area contributed by atoms with Crippen LogP contribution < -0.4 is 5.32 Å². The topological polar surface area (TPSA) is 61.8 Å². The van der Waals surface area contributed by atoms with Gasteiger partial charge in [-0.1, -0.05) is 6.92 Å². The van der Waals surface area contributed by atoms with E-state index in [-0.39, 0.29) is 24.2 Å². The molecule has 104 valence electrons. The zero-order valence-corrected chi connectivity index (χ0v) is 11.1. The van der Waals surface area contributed by atoms with Crippen molar-refractivity contribution < 1.29 is 14.6 Å². The van der Waals surface area contributed by atoms with E-state index in [0.717, 1.165) is 32.4 Å². The summed E-state index contributed by atoms with van der Waals surface area (Å²) in [6.07, 6.45) is 3.42. The van der Waals surface area contributed by atoms with Crippen molar-refractivity contribution >= 4 is 5.91 Å². The Morgan fingerprint density at radius 1 is 1.56 bits per heavy atom. The summed E-state index contributed by atoms with van der Waals surface area (Å²) in [5, 5.41) is 12.5. The first kappa shape index (κ1) is 13.8. The number of aliphatic hydroxyl groups is 1. The summed E-state index contributed by atoms with van der Waals surface area (Å²) < 4.78 is 5.73. The second kappa shape index (κ2) is 6.50. The third kappa shape index (κ3) is 3.43. The maximum absolute atomic E-state index is 12.3. The third-order valence-electron chi connectivity index (χ3n) is 3.65. The van der Waals surface area contributed by atoms with Crippen LogP contribution >= 0.6 is 0 Å². The van der Waals surface area contributed by atoms with Gasteiger partial charge < -0.3 is 20.1 Å². The minimum Gasteiger partial charge on any atom is -0.392 e. The van der Waals surface area contributed by atoms with Crippen LogP contribution in [0.5, 0.6) is 0 Å². The predicted molar refractivity (Wildman–Crippen MR) is 68.3 cm³/mol. The molecule has 0 aromatic carbocycles. The van der Waals surface area contributed by atoms with E-state index in [1.165, 1.54) is 0 Å². The van der Waals surface area contributed by atoms with Crippen molar-refractivity contribution in [2.45, 2.75) is 50.9 Å². The lowest BCUT2D eigenvalue weighted by molar-refractivity contribution is -0.137. The van der Waals surface area contributed by atoms with E-state index in [2.05, 4.69) is 12.2 Å². The summed E-state index contributed by atoms with van der Waals surface area (Å²) in [5.41, 5.74) is 0. The molecule has 3 unspecified atom stereocenters. The average molecular weight is 256 g/mol. The van der Waals surface area contributed by atoms with Gasteiger partial charge in [-0.25, -0.2) is 0 Å². The molecule has 0 aliphatic carbocycles. The number of carbonyl (C=O) groups excluding carboxylic acids is 1. The normalized spacial score (nSPS) is 32.8. The summed E-state index contributed by atoms with van der Waals surface area (Å²) in [4.78, 5) is 14.2. The number of β-amino-alcohol motifs (C(OH)–C–C–N with tert-alkyl or cyclic N) is 1. The smallest absolute Gasteiger partial charge is 0.239 e. The number of hydrogen-bond acceptors (Lipinski definition) is 4. The first-order valence-electron chi connectivity index (χ1n) is 7.02. The van der Waals surface area contributed by atoms with E-state index in [0.29, 0.717) is 19.5 Å². The number of ether oxygens (including phenoxy) is 1. The molecule has 18 heavy (non-hydrogen) atoms. The van der Waals surface area contributed by atoms with E-state index >= 15 is 0 Å². The predicted octanol–water partition coefficient (Wildman–Crippen LogP) is 0.127. The molecule has 0 bridgehead atoms. The molecule has 2 heterocycles. The van der Waals surface area contributed by atoms with Crippen LogP contribution in [0.4, 0.5) is 0 Å². The molecule has 1 amide bonds. The van der Waals surface area contributed by atoms with Crippen molar-refractivity contribution in [1.29, 1.82) is 0 Å². The van der Waals surface area contributed by atoms with Gasteiger partial charge >= 0.3 is 0 Å². The zero-order chi connectivity index (χ0) is 13.0. The molecule has 2 saturated heterocycles. The Labute approximate surface area is 108 Å². The van der Waals surface area contributed by atoms with Gasteiger partial charge in [0.2, 0.25) is 5.91 Å². The van der Waals surface area contributed by atoms with Crippen molar-refractivity contribution in [1.82, 2.24) is 10.2 Å². The van der Waals surface area contributed by atoms with Crippen LogP contribution in [0.1, 0.15) is 32.6 Å². The van der Waals surface area contributed by atoms with Crippen LogP contribution in [-0.4, -0.2) is 60.4 Å². The van der Waals surface area contributed by atoms with E-state index in [1.807, 2.05) is 4.90 Å². The number of likely N-dealkylation sites (tertiary alicyclic amines) is 1. The number of carbonyl (C=O) groups is 1. The van der Waals surface area contributed by atoms with Crippen LogP contribution in [0, 0.1) is 0 Å². The van der Waals surface area contributed by atoms with E-state index in [4.69, 9.17) is 4.74 Å². The van der Waals surface area contributed by atoms with Crippen LogP contribution in [0.3, 0.4) is 0 Å². The van der Waals surface area contributed by atoms with Gasteiger partial charge in [0.15, 0.2) is 0 Å². The van der Waals surface area contributed by atoms with Gasteiger partial charge in [-0.15, -0.1) is 0 Å². The minimum atomic E-state index is -0.379. The highest BCUT2D eigenvalue weighted by molar-refractivity contribution is 5.82. The SMILES string of the molecule is CCCOC1CCCN(C(=O)C2CC(O)CN2)C1. The van der Waals surface area contributed by atoms with Gasteiger partial charge in [-0.2, -0.15) is 0 Å². The first-order chi connectivity index (χ1) is 8.70. The Hall–Kier alpha value is -0.650. The number of rotatable bonds is 4. The molecule has 5 nitrogen and oxygen atoms in total. The molecule has 2 aliphatic rings. The number of nitrogens with one attached hydrogen (secondary N) is 1. The molecule has 2 rings (SSSR count). The highest BCUT2D eigenvalue weighted by Crippen LogP contribution is 2.17. The summed E-state index contributed by atoms with van der Waals surface area (Å²) in [5.74, 6) is 0.122. The molecule has 0 radical (unpaired) electrons. The van der Waals surface area contributed by atoms with Crippen LogP contribution in [0.25, 0.3) is 0 Å². The van der Waals surface area contributed by atoms with Crippen LogP contribution in [0.15, 0.2) is 0 Å². The van der Waals surface area contributed by atoms with Gasteiger partial charge in [0.25, 0.3) is 0 Å². The lowest BCUT2D eigenvalue weighted by atomic mass is 10.1. The van der Waals surface area contributed by atoms with Crippen LogP contribution in [-0.2, 0) is 9.53 Å². The molecule has 2 N–H and O–H groups in total. The number of amides is 1. The quantitative estimate of drug-likeness (QED) is 0.750. The Balaban J connectivity index is 1.82. The largest absolute Gasteiger partial charge is 0.392 e. The number of nitrogens with zero attached hydrogens (tertiary/aromatic N) is 1. The molecule has 0 aromatic heterocycles. The monoisotopic (exact) mass is 256 g/mol. The summed E-state index contributed by atoms with van der Waals surface area (Å²) in [6, 6.07) is -0.204. The summed E-state index contributed by atoms with van der Waals surface area (Å²) >= 11 is 0. The molecule has 5 heteroatoms. The molecule has 0 saturated carbocycles. The second-order valence-electron chi connectivity index (χ2n) is 5.27. The van der Waals surface area contributed by atoms with Crippen molar-refractivity contribution in [3.63, 3.8) is 0 Å². The lowest BCUT2D eigenvalue weighted by Gasteiger charge is -2.34. The van der Waals surface area contributed by atoms with Gasteiger partial charge in [0.05, 0.1) is 18.2 Å². The van der Waals surface area contributed by atoms with Gasteiger partial charge in [-0.3, -0.25) is 4.79 Å². The molecule has 0 aromatic rings. The molecule has 2 aliphatic heterocycles. The maximum Gasteiger partial charge on any atom is 0.239 e. The average Bonchev–Trinajstić information content (AvgIpc) is 2.82. The highest BCUT2D eigenvalue weighted by Gasteiger charge is 2.33. The standard InChI is InChI=1S/C13H24N2O3/c1-2-6-18-11-4-3-5-15(9-11)13(17)12-7-10(16)8-14-12/h10-12,14,16H,2-9H2,1H3. The molecular weight excluding hydrogens is 232 g/mol. The van der Waals surface area contributed by atoms with Crippen molar-refractivity contribution in [2.75, 3.05) is 26.2 Å². The van der Waals surface area contributed by atoms with Crippen molar-refractivity contribution in [3.05, 3.63) is 0 Å². The Bertz CT molecular complexity index is 285. The third-order valence-corrected chi connectivity index (χ3v) is 3.65. The lowest BCUT2D eigenvalue weighted by Crippen LogP contribution is -2.49. The number of hydrogen-bond donors (Lipinski definition) is 2. The van der Waals surface area contributed by atoms with Gasteiger partial charge in [0, 0.05) is 26.2 Å². The van der Waals surface area contributed by atoms with E-state index in [9.17, 15) is 9.90 Å². The van der Waals surface area contributed by atoms with E-state index in [1.54, 1.807) is 0 Å². The molecule has 3 atom stereocenters. The maximum atomic E-state index is 12.3. The zero-order valence-electron chi connectivity index (χ0n) is 11.1. The highest BCUT2D eigenvalue weighted by atomic mass is 16.5. The Morgan fingerprint density at radius 3 is 3.06 bits per heavy atom. The van der Waals surface area contributed by atoms with Crippen molar-refractivity contribution in [3.8, 4) is 0 Å². The summed E-state index contributed by atoms with van der Waals surface area (Å²) in [6.45, 7) is 4.91. The van der Waals surface area contributed by atoms with Crippen LogP contribution in [0.2, 0.25) is 0 Å². The summed E-state index contributed by atoms with van der Waals surface area (Å²) in [7, 11) is 0. The molecule has 0 spiro atoms. The van der Waals surface area contributed by atoms with E-state index < -0.39 is 0 Å². The molecule has 2 fully saturated rings. The number of piperidine rings is 1. The van der Waals surface area contributed by atoms with Crippen molar-refractivity contribution in [2.24, 2.45) is 0 Å². The Kier molecular flexibility index (Phi) is 4.97. The first-order valence-corrected chi connectivity index (χ1v) is 7.02. The fraction of sp³-hybridized carbons (Fsp3) is 0.923. The fourth-order valence-corrected chi connectivity index (χ4v) is 2.68. The Morgan fingerprint density at radius 2 is 2.39 bits per heavy atom. The van der Waals surface area contributed by atoms with Gasteiger partial charge in [-0.05, 0) is 25.7 Å². The fourth-order valence-electron chi connectivity index (χ4n) is 2.68. The minimum absolute atomic E-state index is 0.122. The molecular formula is C13H24N2O3. The van der Waals surface area contributed by atoms with Gasteiger partial charge in [0.1, 0.15) is 0 Å². The second-order valence-corrected chi connectivity index (χ2v) is 5.27. The number of aliphatic hydroxyl groups excluding tert-OH is 1.